The second-order valence-electron chi connectivity index (χ2n) is 6.92. The van der Waals surface area contributed by atoms with Gasteiger partial charge in [-0.05, 0) is 12.1 Å². The largest absolute Gasteiger partial charge is 0.489 e. The van der Waals surface area contributed by atoms with Gasteiger partial charge in [0, 0.05) is 16.1 Å². The number of ether oxygens (including phenoxy) is 4. The Kier molecular flexibility index (Phi) is 7.59. The maximum atomic E-state index is 12.8. The van der Waals surface area contributed by atoms with Gasteiger partial charge in [-0.15, -0.1) is 0 Å². The monoisotopic (exact) mass is 468 g/mol. The van der Waals surface area contributed by atoms with E-state index in [1.807, 2.05) is 24.3 Å². The van der Waals surface area contributed by atoms with Gasteiger partial charge in [-0.3, -0.25) is 4.79 Å². The first-order chi connectivity index (χ1) is 15.9. The fraction of sp³-hybridized carbons (Fsp3) is 0.208. The molecule has 9 heteroatoms. The minimum atomic E-state index is -0.988. The third kappa shape index (κ3) is 5.10. The third-order valence-corrected chi connectivity index (χ3v) is 5.37. The minimum absolute atomic E-state index is 0.0159. The molecule has 1 heterocycles. The molecule has 2 aromatic rings. The van der Waals surface area contributed by atoms with E-state index in [9.17, 15) is 14.9 Å². The van der Waals surface area contributed by atoms with Gasteiger partial charge in [-0.2, -0.15) is 5.26 Å². The maximum Gasteiger partial charge on any atom is 0.338 e. The summed E-state index contributed by atoms with van der Waals surface area (Å²) < 4.78 is 21.2. The fourth-order valence-electron chi connectivity index (χ4n) is 3.42. The lowest BCUT2D eigenvalue weighted by Crippen LogP contribution is -2.27. The molecule has 0 saturated heterocycles. The van der Waals surface area contributed by atoms with Crippen molar-refractivity contribution in [2.75, 3.05) is 14.2 Å². The van der Waals surface area contributed by atoms with Crippen molar-refractivity contribution < 1.29 is 28.5 Å². The lowest BCUT2D eigenvalue weighted by molar-refractivity contribution is -0.140. The van der Waals surface area contributed by atoms with Gasteiger partial charge in [0.1, 0.15) is 36.2 Å². The van der Waals surface area contributed by atoms with Gasteiger partial charge >= 0.3 is 11.9 Å². The highest BCUT2D eigenvalue weighted by Gasteiger charge is 2.39. The van der Waals surface area contributed by atoms with Crippen molar-refractivity contribution in [1.82, 2.24) is 0 Å². The summed E-state index contributed by atoms with van der Waals surface area (Å²) in [6, 6.07) is 16.1. The van der Waals surface area contributed by atoms with Crippen molar-refractivity contribution >= 4 is 23.5 Å². The first-order valence-electron chi connectivity index (χ1n) is 9.82. The van der Waals surface area contributed by atoms with Crippen LogP contribution in [0, 0.1) is 11.3 Å². The van der Waals surface area contributed by atoms with Crippen LogP contribution < -0.4 is 10.5 Å². The van der Waals surface area contributed by atoms with E-state index in [-0.39, 0.29) is 35.8 Å². The zero-order valence-electron chi connectivity index (χ0n) is 18.0. The highest BCUT2D eigenvalue weighted by molar-refractivity contribution is 6.31. The number of halogens is 1. The Morgan fingerprint density at radius 1 is 1.12 bits per heavy atom. The molecular formula is C24H21ClN2O6. The minimum Gasteiger partial charge on any atom is -0.489 e. The van der Waals surface area contributed by atoms with Gasteiger partial charge in [-0.1, -0.05) is 48.0 Å². The van der Waals surface area contributed by atoms with E-state index >= 15 is 0 Å². The number of methoxy groups -OCH3 is 2. The highest BCUT2D eigenvalue weighted by atomic mass is 35.5. The van der Waals surface area contributed by atoms with Crippen LogP contribution in [0.1, 0.15) is 23.5 Å². The predicted octanol–water partition coefficient (Wildman–Crippen LogP) is 3.72. The average Bonchev–Trinajstić information content (AvgIpc) is 2.82. The molecule has 0 aromatic heterocycles. The van der Waals surface area contributed by atoms with Crippen LogP contribution in [0.25, 0.3) is 0 Å². The van der Waals surface area contributed by atoms with Gasteiger partial charge in [-0.25, -0.2) is 4.79 Å². The SMILES string of the molecule is COC(=O)CC1=C(C(=O)OC)[C@@H](c2ccccc2OCc2ccccc2Cl)C(C#N)=C(N)O1. The lowest BCUT2D eigenvalue weighted by atomic mass is 9.82. The summed E-state index contributed by atoms with van der Waals surface area (Å²) in [6.45, 7) is 0.146. The number of nitrogens with zero attached hydrogens (tertiary/aromatic N) is 1. The highest BCUT2D eigenvalue weighted by Crippen LogP contribution is 2.44. The summed E-state index contributed by atoms with van der Waals surface area (Å²) in [5, 5.41) is 10.4. The van der Waals surface area contributed by atoms with Crippen LogP contribution in [0.15, 0.2) is 71.3 Å². The Bertz CT molecular complexity index is 1180. The number of rotatable bonds is 7. The molecule has 0 aliphatic carbocycles. The van der Waals surface area contributed by atoms with Gasteiger partial charge in [0.05, 0.1) is 25.7 Å². The molecule has 0 amide bonds. The van der Waals surface area contributed by atoms with Crippen molar-refractivity contribution in [3.8, 4) is 11.8 Å². The smallest absolute Gasteiger partial charge is 0.338 e. The number of nitriles is 1. The van der Waals surface area contributed by atoms with E-state index in [0.29, 0.717) is 16.3 Å². The third-order valence-electron chi connectivity index (χ3n) is 5.01. The number of para-hydroxylation sites is 1. The zero-order chi connectivity index (χ0) is 24.0. The molecule has 33 heavy (non-hydrogen) atoms. The first kappa shape index (κ1) is 23.7. The van der Waals surface area contributed by atoms with E-state index in [0.717, 1.165) is 5.56 Å². The van der Waals surface area contributed by atoms with E-state index in [4.69, 9.17) is 36.3 Å². The van der Waals surface area contributed by atoms with Crippen LogP contribution >= 0.6 is 11.6 Å². The van der Waals surface area contributed by atoms with E-state index in [1.165, 1.54) is 14.2 Å². The van der Waals surface area contributed by atoms with Gasteiger partial charge in [0.2, 0.25) is 5.88 Å². The van der Waals surface area contributed by atoms with Crippen LogP contribution in [-0.4, -0.2) is 26.2 Å². The van der Waals surface area contributed by atoms with Gasteiger partial charge in [0.15, 0.2) is 0 Å². The molecule has 2 aromatic carbocycles. The molecule has 0 unspecified atom stereocenters. The summed E-state index contributed by atoms with van der Waals surface area (Å²) in [5.41, 5.74) is 7.17. The van der Waals surface area contributed by atoms with Gasteiger partial charge in [0.25, 0.3) is 0 Å². The van der Waals surface area contributed by atoms with Crippen LogP contribution in [0.5, 0.6) is 5.75 Å². The van der Waals surface area contributed by atoms with Crippen LogP contribution in [-0.2, 0) is 30.4 Å². The summed E-state index contributed by atoms with van der Waals surface area (Å²) in [4.78, 5) is 24.7. The van der Waals surface area contributed by atoms with E-state index in [2.05, 4.69) is 0 Å². The Labute approximate surface area is 195 Å². The molecule has 0 bridgehead atoms. The lowest BCUT2D eigenvalue weighted by Gasteiger charge is -2.28. The Morgan fingerprint density at radius 3 is 2.48 bits per heavy atom. The van der Waals surface area contributed by atoms with Crippen molar-refractivity contribution in [2.24, 2.45) is 5.73 Å². The van der Waals surface area contributed by atoms with Crippen LogP contribution in [0.2, 0.25) is 5.02 Å². The molecule has 2 N–H and O–H groups in total. The number of nitrogens with two attached hydrogens (primary N) is 1. The molecule has 0 fully saturated rings. The molecule has 0 radical (unpaired) electrons. The number of benzene rings is 2. The molecule has 3 rings (SSSR count). The van der Waals surface area contributed by atoms with Crippen molar-refractivity contribution in [2.45, 2.75) is 18.9 Å². The Balaban J connectivity index is 2.11. The number of allylic oxidation sites excluding steroid dienone is 1. The van der Waals surface area contributed by atoms with Gasteiger partial charge < -0.3 is 24.7 Å². The molecule has 0 spiro atoms. The fourth-order valence-corrected chi connectivity index (χ4v) is 3.61. The molecule has 1 aliphatic heterocycles. The summed E-state index contributed by atoms with van der Waals surface area (Å²) >= 11 is 6.23. The molecule has 8 nitrogen and oxygen atoms in total. The number of hydrogen-bond acceptors (Lipinski definition) is 8. The average molecular weight is 469 g/mol. The molecular weight excluding hydrogens is 448 g/mol. The second-order valence-corrected chi connectivity index (χ2v) is 7.33. The Hall–Kier alpha value is -3.96. The van der Waals surface area contributed by atoms with E-state index < -0.39 is 17.9 Å². The Morgan fingerprint density at radius 2 is 1.82 bits per heavy atom. The number of carbonyl (C=O) groups is 2. The molecule has 170 valence electrons. The second kappa shape index (κ2) is 10.6. The summed E-state index contributed by atoms with van der Waals surface area (Å²) in [5.74, 6) is -2.31. The normalized spacial score (nSPS) is 15.4. The topological polar surface area (TPSA) is 121 Å². The maximum absolute atomic E-state index is 12.8. The first-order valence-corrected chi connectivity index (χ1v) is 10.2. The van der Waals surface area contributed by atoms with Crippen molar-refractivity contribution in [1.29, 1.82) is 5.26 Å². The molecule has 0 saturated carbocycles. The van der Waals surface area contributed by atoms with Crippen molar-refractivity contribution in [3.05, 3.63) is 87.5 Å². The number of hydrogen-bond donors (Lipinski definition) is 1. The number of esters is 2. The van der Waals surface area contributed by atoms with Crippen LogP contribution in [0.3, 0.4) is 0 Å². The standard InChI is InChI=1S/C24H21ClN2O6/c1-30-20(28)11-19-22(24(29)31-2)21(16(12-26)23(27)33-19)15-8-4-6-10-18(15)32-13-14-7-3-5-9-17(14)25/h3-10,21H,11,13,27H2,1-2H3/t21-/m0/s1. The summed E-state index contributed by atoms with van der Waals surface area (Å²) in [7, 11) is 2.40. The number of carbonyl (C=O) groups excluding carboxylic acids is 2. The van der Waals surface area contributed by atoms with Crippen molar-refractivity contribution in [3.63, 3.8) is 0 Å². The molecule has 1 aliphatic rings. The quantitative estimate of drug-likeness (QED) is 0.610. The summed E-state index contributed by atoms with van der Waals surface area (Å²) in [6.07, 6.45) is -0.376. The predicted molar refractivity (Wildman–Crippen MR) is 119 cm³/mol. The van der Waals surface area contributed by atoms with Crippen LogP contribution in [0.4, 0.5) is 0 Å². The zero-order valence-corrected chi connectivity index (χ0v) is 18.7. The molecule has 1 atom stereocenters. The van der Waals surface area contributed by atoms with E-state index in [1.54, 1.807) is 30.3 Å².